The Bertz CT molecular complexity index is 1180. The number of benzene rings is 3. The van der Waals surface area contributed by atoms with Crippen molar-refractivity contribution >= 4 is 18.0 Å². The van der Waals surface area contributed by atoms with Gasteiger partial charge in [0.2, 0.25) is 0 Å². The normalized spacial score (nSPS) is 11.6. The fraction of sp³-hybridized carbons (Fsp3) is 0.276. The molecule has 0 saturated carbocycles. The lowest BCUT2D eigenvalue weighted by Crippen LogP contribution is -2.50. The fourth-order valence-electron chi connectivity index (χ4n) is 4.05. The standard InChI is InChI=1S/C29H32N2O5/c1-20(2)19-31(17-16-27(32)33)29(36)30-26(28(34)35)18-21-12-14-23(15-13-21)25-11-7-6-10-24(25)22-8-4-3-5-9-22/h3-15,20,26H,16-19H2,1-2H3,(H,30,36)(H,32,33)(H,34,35)/t26-/m0/s1. The summed E-state index contributed by atoms with van der Waals surface area (Å²) in [6.07, 6.45) is -0.0973. The third-order valence-corrected chi connectivity index (χ3v) is 5.78. The summed E-state index contributed by atoms with van der Waals surface area (Å²) in [5.41, 5.74) is 5.06. The van der Waals surface area contributed by atoms with Crippen LogP contribution in [0.3, 0.4) is 0 Å². The largest absolute Gasteiger partial charge is 0.481 e. The summed E-state index contributed by atoms with van der Waals surface area (Å²) in [5.74, 6) is -2.05. The highest BCUT2D eigenvalue weighted by atomic mass is 16.4. The molecule has 0 aliphatic heterocycles. The summed E-state index contributed by atoms with van der Waals surface area (Å²) in [6.45, 7) is 4.17. The van der Waals surface area contributed by atoms with Crippen molar-refractivity contribution in [1.29, 1.82) is 0 Å². The van der Waals surface area contributed by atoms with Gasteiger partial charge in [0.15, 0.2) is 0 Å². The van der Waals surface area contributed by atoms with E-state index in [1.165, 1.54) is 4.90 Å². The number of urea groups is 1. The lowest BCUT2D eigenvalue weighted by molar-refractivity contribution is -0.139. The van der Waals surface area contributed by atoms with Crippen molar-refractivity contribution in [3.05, 3.63) is 84.4 Å². The number of rotatable bonds is 11. The summed E-state index contributed by atoms with van der Waals surface area (Å²) >= 11 is 0. The zero-order valence-electron chi connectivity index (χ0n) is 20.6. The second-order valence-corrected chi connectivity index (χ2v) is 9.14. The van der Waals surface area contributed by atoms with Crippen LogP contribution in [0.1, 0.15) is 25.8 Å². The average Bonchev–Trinajstić information content (AvgIpc) is 2.86. The zero-order valence-corrected chi connectivity index (χ0v) is 20.6. The quantitative estimate of drug-likeness (QED) is 0.346. The molecule has 188 valence electrons. The van der Waals surface area contributed by atoms with Crippen molar-refractivity contribution in [3.8, 4) is 22.3 Å². The van der Waals surface area contributed by atoms with Crippen molar-refractivity contribution in [2.24, 2.45) is 5.92 Å². The van der Waals surface area contributed by atoms with Gasteiger partial charge < -0.3 is 20.4 Å². The molecule has 0 saturated heterocycles. The first-order valence-corrected chi connectivity index (χ1v) is 12.0. The van der Waals surface area contributed by atoms with Crippen LogP contribution >= 0.6 is 0 Å². The van der Waals surface area contributed by atoms with Crippen LogP contribution < -0.4 is 5.32 Å². The summed E-state index contributed by atoms with van der Waals surface area (Å²) in [6, 6.07) is 24.1. The van der Waals surface area contributed by atoms with E-state index in [0.717, 1.165) is 27.8 Å². The number of hydrogen-bond donors (Lipinski definition) is 3. The van der Waals surface area contributed by atoms with E-state index in [0.29, 0.717) is 6.54 Å². The van der Waals surface area contributed by atoms with Crippen LogP contribution in [-0.4, -0.2) is 52.2 Å². The Labute approximate surface area is 211 Å². The van der Waals surface area contributed by atoms with Crippen molar-refractivity contribution in [2.45, 2.75) is 32.7 Å². The second kappa shape index (κ2) is 12.5. The van der Waals surface area contributed by atoms with Crippen LogP contribution in [0.4, 0.5) is 4.79 Å². The first-order valence-electron chi connectivity index (χ1n) is 12.0. The highest BCUT2D eigenvalue weighted by Gasteiger charge is 2.24. The molecular formula is C29H32N2O5. The topological polar surface area (TPSA) is 107 Å². The van der Waals surface area contributed by atoms with Gasteiger partial charge >= 0.3 is 18.0 Å². The maximum Gasteiger partial charge on any atom is 0.326 e. The first kappa shape index (κ1) is 26.5. The van der Waals surface area contributed by atoms with Gasteiger partial charge in [-0.1, -0.05) is 92.7 Å². The van der Waals surface area contributed by atoms with Gasteiger partial charge in [-0.05, 0) is 33.7 Å². The minimum absolute atomic E-state index is 0.0151. The zero-order chi connectivity index (χ0) is 26.1. The van der Waals surface area contributed by atoms with Gasteiger partial charge in [0.05, 0.1) is 6.42 Å². The Kier molecular flexibility index (Phi) is 9.22. The highest BCUT2D eigenvalue weighted by Crippen LogP contribution is 2.32. The van der Waals surface area contributed by atoms with Crippen molar-refractivity contribution in [3.63, 3.8) is 0 Å². The average molecular weight is 489 g/mol. The van der Waals surface area contributed by atoms with Crippen LogP contribution in [0.15, 0.2) is 78.9 Å². The SMILES string of the molecule is CC(C)CN(CCC(=O)O)C(=O)N[C@@H](Cc1ccc(-c2ccccc2-c2ccccc2)cc1)C(=O)O. The summed E-state index contributed by atoms with van der Waals surface area (Å²) in [5, 5.41) is 21.3. The van der Waals surface area contributed by atoms with Gasteiger partial charge in [-0.2, -0.15) is 0 Å². The summed E-state index contributed by atoms with van der Waals surface area (Å²) in [4.78, 5) is 37.0. The smallest absolute Gasteiger partial charge is 0.326 e. The minimum Gasteiger partial charge on any atom is -0.481 e. The monoisotopic (exact) mass is 488 g/mol. The second-order valence-electron chi connectivity index (χ2n) is 9.14. The number of carboxylic acids is 2. The molecule has 7 nitrogen and oxygen atoms in total. The number of aliphatic carboxylic acids is 2. The van der Waals surface area contributed by atoms with Gasteiger partial charge in [0, 0.05) is 19.5 Å². The van der Waals surface area contributed by atoms with Crippen LogP contribution in [0.25, 0.3) is 22.3 Å². The van der Waals surface area contributed by atoms with E-state index in [2.05, 4.69) is 29.6 Å². The van der Waals surface area contributed by atoms with E-state index in [1.807, 2.05) is 68.4 Å². The molecule has 36 heavy (non-hydrogen) atoms. The van der Waals surface area contributed by atoms with Crippen LogP contribution in [-0.2, 0) is 16.0 Å². The van der Waals surface area contributed by atoms with Crippen molar-refractivity contribution in [2.75, 3.05) is 13.1 Å². The number of nitrogens with zero attached hydrogens (tertiary/aromatic N) is 1. The molecule has 3 rings (SSSR count). The molecule has 3 aromatic rings. The predicted octanol–water partition coefficient (Wildman–Crippen LogP) is 5.16. The number of carboxylic acid groups (broad SMARTS) is 2. The van der Waals surface area contributed by atoms with Crippen LogP contribution in [0.2, 0.25) is 0 Å². The predicted molar refractivity (Wildman–Crippen MR) is 140 cm³/mol. The number of hydrogen-bond acceptors (Lipinski definition) is 3. The molecule has 1 atom stereocenters. The molecular weight excluding hydrogens is 456 g/mol. The molecule has 7 heteroatoms. The third kappa shape index (κ3) is 7.43. The van der Waals surface area contributed by atoms with E-state index >= 15 is 0 Å². The molecule has 3 N–H and O–H groups in total. The Morgan fingerprint density at radius 3 is 1.89 bits per heavy atom. The summed E-state index contributed by atoms with van der Waals surface area (Å²) in [7, 11) is 0. The van der Waals surface area contributed by atoms with Gasteiger partial charge in [-0.15, -0.1) is 0 Å². The molecule has 0 radical (unpaired) electrons. The summed E-state index contributed by atoms with van der Waals surface area (Å²) < 4.78 is 0. The number of carbonyl (C=O) groups is 3. The van der Waals surface area contributed by atoms with Crippen molar-refractivity contribution < 1.29 is 24.6 Å². The minimum atomic E-state index is -1.15. The van der Waals surface area contributed by atoms with E-state index < -0.39 is 24.0 Å². The number of carbonyl (C=O) groups excluding carboxylic acids is 1. The fourth-order valence-corrected chi connectivity index (χ4v) is 4.05. The van der Waals surface area contributed by atoms with Gasteiger partial charge in [0.1, 0.15) is 6.04 Å². The molecule has 0 aromatic heterocycles. The van der Waals surface area contributed by atoms with Gasteiger partial charge in [-0.3, -0.25) is 4.79 Å². The number of amides is 2. The Morgan fingerprint density at radius 2 is 1.36 bits per heavy atom. The van der Waals surface area contributed by atoms with Crippen LogP contribution in [0.5, 0.6) is 0 Å². The van der Waals surface area contributed by atoms with E-state index in [9.17, 15) is 19.5 Å². The maximum absolute atomic E-state index is 12.8. The highest BCUT2D eigenvalue weighted by molar-refractivity contribution is 5.84. The molecule has 0 aliphatic rings. The number of nitrogens with one attached hydrogen (secondary N) is 1. The lowest BCUT2D eigenvalue weighted by atomic mass is 9.93. The first-order chi connectivity index (χ1) is 17.2. The molecule has 0 spiro atoms. The molecule has 0 fully saturated rings. The maximum atomic E-state index is 12.8. The Balaban J connectivity index is 1.74. The van der Waals surface area contributed by atoms with Gasteiger partial charge in [0.25, 0.3) is 0 Å². The van der Waals surface area contributed by atoms with E-state index in [4.69, 9.17) is 5.11 Å². The van der Waals surface area contributed by atoms with Gasteiger partial charge in [-0.25, -0.2) is 9.59 Å². The Hall–Kier alpha value is -4.13. The molecule has 0 unspecified atom stereocenters. The lowest BCUT2D eigenvalue weighted by Gasteiger charge is -2.26. The van der Waals surface area contributed by atoms with E-state index in [-0.39, 0.29) is 25.3 Å². The molecule has 0 heterocycles. The Morgan fingerprint density at radius 1 is 0.806 bits per heavy atom. The molecule has 3 aromatic carbocycles. The van der Waals surface area contributed by atoms with Crippen molar-refractivity contribution in [1.82, 2.24) is 10.2 Å². The third-order valence-electron chi connectivity index (χ3n) is 5.78. The molecule has 0 aliphatic carbocycles. The van der Waals surface area contributed by atoms with E-state index in [1.54, 1.807) is 0 Å². The molecule has 2 amide bonds. The van der Waals surface area contributed by atoms with Crippen LogP contribution in [0, 0.1) is 5.92 Å². The molecule has 0 bridgehead atoms.